The van der Waals surface area contributed by atoms with E-state index in [1.54, 1.807) is 29.2 Å². The SMILES string of the molecule is N#Cc1ccc(OC2CCC(NC(=O)c3ccc(N4CC5CCC(C4)C5CN4CCC(n5ncc6c(N7CCC(=O)NC7=O)cccc65)CC4)nn3)CC2)cc1Cl. The maximum absolute atomic E-state index is 13.1. The van der Waals surface area contributed by atoms with E-state index in [1.807, 2.05) is 24.4 Å². The second-order valence-electron chi connectivity index (χ2n) is 16.3. The van der Waals surface area contributed by atoms with Gasteiger partial charge < -0.3 is 19.9 Å². The van der Waals surface area contributed by atoms with E-state index in [0.717, 1.165) is 93.7 Å². The maximum Gasteiger partial charge on any atom is 0.328 e. The first-order chi connectivity index (χ1) is 27.8. The molecule has 296 valence electrons. The van der Waals surface area contributed by atoms with Gasteiger partial charge in [0.15, 0.2) is 11.5 Å². The van der Waals surface area contributed by atoms with Crippen molar-refractivity contribution >= 4 is 51.9 Å². The van der Waals surface area contributed by atoms with Crippen molar-refractivity contribution < 1.29 is 19.1 Å². The fourth-order valence-corrected chi connectivity index (χ4v) is 10.1. The average molecular weight is 791 g/mol. The number of hydrogen-bond acceptors (Lipinski definition) is 10. The summed E-state index contributed by atoms with van der Waals surface area (Å²) in [6, 6.07) is 16.9. The van der Waals surface area contributed by atoms with Crippen molar-refractivity contribution in [3.05, 3.63) is 71.0 Å². The van der Waals surface area contributed by atoms with Crippen LogP contribution in [0.5, 0.6) is 5.75 Å². The van der Waals surface area contributed by atoms with Gasteiger partial charge in [0, 0.05) is 63.2 Å². The standard InChI is InChI=1S/C42H47ClN10O4/c43-35-20-32(9-6-26(35)21-44)57-31-10-7-29(8-11-31)46-41(55)36-12-13-39(49-48-36)51-23-27-4-5-28(24-51)34(27)25-50-17-14-30(15-18-50)53-38-3-1-2-37(33(38)22-45-53)52-19-16-40(54)47-42(52)56/h1-3,6,9,12-13,20,22,27-31,34H,4-5,7-8,10-11,14-19,23-25H2,(H,46,55)(H,47,54,56). The van der Waals surface area contributed by atoms with Crippen LogP contribution in [0, 0.1) is 29.1 Å². The lowest BCUT2D eigenvalue weighted by molar-refractivity contribution is -0.120. The smallest absolute Gasteiger partial charge is 0.328 e. The van der Waals surface area contributed by atoms with Gasteiger partial charge in [-0.15, -0.1) is 10.2 Å². The van der Waals surface area contributed by atoms with Gasteiger partial charge >= 0.3 is 6.03 Å². The Bertz CT molecular complexity index is 2180. The van der Waals surface area contributed by atoms with Crippen LogP contribution in [-0.4, -0.2) is 94.1 Å². The van der Waals surface area contributed by atoms with Crippen LogP contribution in [-0.2, 0) is 4.79 Å². The number of aromatic nitrogens is 4. The van der Waals surface area contributed by atoms with Gasteiger partial charge in [0.05, 0.1) is 40.1 Å². The maximum atomic E-state index is 13.1. The molecule has 2 aromatic heterocycles. The van der Waals surface area contributed by atoms with Gasteiger partial charge in [-0.1, -0.05) is 17.7 Å². The molecule has 3 aliphatic heterocycles. The van der Waals surface area contributed by atoms with Crippen LogP contribution < -0.4 is 25.2 Å². The third-order valence-corrected chi connectivity index (χ3v) is 13.3. The molecule has 2 bridgehead atoms. The molecule has 4 amide bonds. The molecular weight excluding hydrogens is 744 g/mol. The van der Waals surface area contributed by atoms with Gasteiger partial charge in [-0.3, -0.25) is 24.5 Å². The van der Waals surface area contributed by atoms with E-state index >= 15 is 0 Å². The second-order valence-corrected chi connectivity index (χ2v) is 16.8. The third kappa shape index (κ3) is 7.75. The van der Waals surface area contributed by atoms with Crippen molar-refractivity contribution in [2.45, 2.75) is 76.0 Å². The van der Waals surface area contributed by atoms with Crippen LogP contribution in [0.25, 0.3) is 10.9 Å². The lowest BCUT2D eigenvalue weighted by Crippen LogP contribution is -2.49. The van der Waals surface area contributed by atoms with Crippen molar-refractivity contribution in [3.8, 4) is 11.8 Å². The van der Waals surface area contributed by atoms with Gasteiger partial charge in [-0.2, -0.15) is 10.4 Å². The number of nitrogens with one attached hydrogen (secondary N) is 2. The minimum Gasteiger partial charge on any atom is -0.490 e. The van der Waals surface area contributed by atoms with Crippen molar-refractivity contribution in [2.75, 3.05) is 49.1 Å². The molecular formula is C42H47ClN10O4. The van der Waals surface area contributed by atoms with Crippen LogP contribution in [0.3, 0.4) is 0 Å². The van der Waals surface area contributed by atoms with E-state index in [4.69, 9.17) is 26.7 Å². The highest BCUT2D eigenvalue weighted by Crippen LogP contribution is 2.44. The number of fused-ring (bicyclic) bond motifs is 3. The molecule has 3 saturated heterocycles. The predicted octanol–water partition coefficient (Wildman–Crippen LogP) is 5.72. The van der Waals surface area contributed by atoms with Crippen LogP contribution in [0.4, 0.5) is 16.3 Å². The number of rotatable bonds is 9. The molecule has 5 heterocycles. The Hall–Kier alpha value is -5.26. The highest BCUT2D eigenvalue weighted by Gasteiger charge is 2.43. The highest BCUT2D eigenvalue weighted by molar-refractivity contribution is 6.31. The van der Waals surface area contributed by atoms with Crippen LogP contribution in [0.2, 0.25) is 5.02 Å². The third-order valence-electron chi connectivity index (χ3n) is 12.9. The van der Waals surface area contributed by atoms with Gasteiger partial charge in [0.1, 0.15) is 11.8 Å². The van der Waals surface area contributed by atoms with E-state index < -0.39 is 0 Å². The molecule has 2 aliphatic carbocycles. The van der Waals surface area contributed by atoms with Gasteiger partial charge in [-0.25, -0.2) is 4.79 Å². The number of piperidine rings is 2. The van der Waals surface area contributed by atoms with Gasteiger partial charge in [-0.05, 0) is 106 Å². The molecule has 2 N–H and O–H groups in total. The average Bonchev–Trinajstić information content (AvgIpc) is 3.75. The van der Waals surface area contributed by atoms with Crippen molar-refractivity contribution in [2.24, 2.45) is 17.8 Å². The highest BCUT2D eigenvalue weighted by atomic mass is 35.5. The van der Waals surface area contributed by atoms with Crippen molar-refractivity contribution in [1.29, 1.82) is 5.26 Å². The van der Waals surface area contributed by atoms with E-state index in [2.05, 4.69) is 47.4 Å². The van der Waals surface area contributed by atoms with E-state index in [1.165, 1.54) is 12.8 Å². The number of benzene rings is 2. The predicted molar refractivity (Wildman–Crippen MR) is 214 cm³/mol. The Morgan fingerprint density at radius 1 is 0.947 bits per heavy atom. The second kappa shape index (κ2) is 15.9. The number of carbonyl (C=O) groups excluding carboxylic acids is 3. The van der Waals surface area contributed by atoms with Crippen molar-refractivity contribution in [3.63, 3.8) is 0 Å². The Balaban J connectivity index is 0.738. The number of ether oxygens (including phenoxy) is 1. The number of amides is 4. The zero-order valence-electron chi connectivity index (χ0n) is 31.9. The Morgan fingerprint density at radius 3 is 2.44 bits per heavy atom. The molecule has 5 fully saturated rings. The van der Waals surface area contributed by atoms with Gasteiger partial charge in [0.2, 0.25) is 5.91 Å². The van der Waals surface area contributed by atoms with Gasteiger partial charge in [0.25, 0.3) is 5.91 Å². The number of carbonyl (C=O) groups is 3. The Morgan fingerprint density at radius 2 is 1.74 bits per heavy atom. The molecule has 2 aromatic carbocycles. The Labute approximate surface area is 336 Å². The molecule has 14 nitrogen and oxygen atoms in total. The summed E-state index contributed by atoms with van der Waals surface area (Å²) in [5, 5.41) is 29.7. The number of nitriles is 1. The number of imide groups is 1. The molecule has 15 heteroatoms. The summed E-state index contributed by atoms with van der Waals surface area (Å²) in [7, 11) is 0. The normalized spacial score (nSPS) is 25.6. The van der Waals surface area contributed by atoms with E-state index in [-0.39, 0.29) is 36.4 Å². The first kappa shape index (κ1) is 37.3. The zero-order valence-corrected chi connectivity index (χ0v) is 32.6. The first-order valence-corrected chi connectivity index (χ1v) is 20.7. The monoisotopic (exact) mass is 790 g/mol. The van der Waals surface area contributed by atoms with Crippen molar-refractivity contribution in [1.82, 2.24) is 35.5 Å². The summed E-state index contributed by atoms with van der Waals surface area (Å²) >= 11 is 6.16. The molecule has 0 spiro atoms. The summed E-state index contributed by atoms with van der Waals surface area (Å²) in [4.78, 5) is 44.1. The number of halogens is 1. The summed E-state index contributed by atoms with van der Waals surface area (Å²) in [5.74, 6) is 2.93. The minimum absolute atomic E-state index is 0.0331. The molecule has 9 rings (SSSR count). The Kier molecular flexibility index (Phi) is 10.4. The molecule has 57 heavy (non-hydrogen) atoms. The quantitative estimate of drug-likeness (QED) is 0.215. The first-order valence-electron chi connectivity index (χ1n) is 20.4. The lowest BCUT2D eigenvalue weighted by Gasteiger charge is -2.42. The number of nitrogens with zero attached hydrogens (tertiary/aromatic N) is 8. The summed E-state index contributed by atoms with van der Waals surface area (Å²) in [5.41, 5.74) is 2.58. The minimum atomic E-state index is -0.378. The number of likely N-dealkylation sites (tertiary alicyclic amines) is 1. The molecule has 5 aliphatic rings. The molecule has 2 saturated carbocycles. The molecule has 2 unspecified atom stereocenters. The van der Waals surface area contributed by atoms with Crippen LogP contribution in [0.15, 0.2) is 54.7 Å². The zero-order chi connectivity index (χ0) is 39.0. The number of urea groups is 1. The summed E-state index contributed by atoms with van der Waals surface area (Å²) in [6.07, 6.45) is 9.91. The largest absolute Gasteiger partial charge is 0.490 e. The fourth-order valence-electron chi connectivity index (χ4n) is 9.89. The lowest BCUT2D eigenvalue weighted by atomic mass is 9.84. The molecule has 4 aromatic rings. The van der Waals surface area contributed by atoms with Crippen LogP contribution >= 0.6 is 11.6 Å². The fraction of sp³-hybridized carbons (Fsp3) is 0.500. The summed E-state index contributed by atoms with van der Waals surface area (Å²) < 4.78 is 8.24. The van der Waals surface area contributed by atoms with E-state index in [0.29, 0.717) is 52.4 Å². The van der Waals surface area contributed by atoms with E-state index in [9.17, 15) is 14.4 Å². The number of hydrogen-bond donors (Lipinski definition) is 2. The molecule has 0 radical (unpaired) electrons. The topological polar surface area (TPSA) is 162 Å². The summed E-state index contributed by atoms with van der Waals surface area (Å²) in [6.45, 7) is 5.46. The molecule has 2 atom stereocenters. The van der Waals surface area contributed by atoms with Crippen LogP contribution in [0.1, 0.15) is 79.9 Å². The number of anilines is 2.